The van der Waals surface area contributed by atoms with Crippen LogP contribution in [0.25, 0.3) is 11.1 Å². The second-order valence-electron chi connectivity index (χ2n) is 10.2. The van der Waals surface area contributed by atoms with Crippen molar-refractivity contribution < 1.29 is 13.9 Å². The zero-order valence-electron chi connectivity index (χ0n) is 18.6. The summed E-state index contributed by atoms with van der Waals surface area (Å²) < 4.78 is 20.3. The zero-order chi connectivity index (χ0) is 21.8. The Morgan fingerprint density at radius 2 is 1.94 bits per heavy atom. The smallest absolute Gasteiger partial charge is 0.407 e. The molecule has 4 aliphatic rings. The van der Waals surface area contributed by atoms with Crippen molar-refractivity contribution >= 4 is 6.09 Å². The number of halogens is 1. The van der Waals surface area contributed by atoms with E-state index in [1.165, 1.54) is 6.07 Å². The third kappa shape index (κ3) is 3.84. The van der Waals surface area contributed by atoms with Gasteiger partial charge in [-0.1, -0.05) is 43.7 Å². The molecule has 0 radical (unpaired) electrons. The standard InChI is InChI=1S/C26H31FN2O2/c1-16-4-7-22(27)21(12-16)18-5-6-20-19(13-18)14-26(2,3)24(20)28-25(30)31-23-15-29-10-8-17(23)9-11-29/h4-7,12-13,17,23-24H,8-11,14-15H2,1-3H3,(H,28,30)/t23-,24?/m1/s1. The molecule has 164 valence electrons. The molecule has 4 nitrogen and oxygen atoms in total. The third-order valence-electron chi connectivity index (χ3n) is 7.43. The molecule has 2 aromatic rings. The first-order valence-electron chi connectivity index (χ1n) is 11.4. The van der Waals surface area contributed by atoms with Gasteiger partial charge < -0.3 is 10.1 Å². The molecule has 2 aromatic carbocycles. The van der Waals surface area contributed by atoms with Crippen molar-refractivity contribution in [2.45, 2.75) is 52.2 Å². The Morgan fingerprint density at radius 1 is 1.16 bits per heavy atom. The molecule has 6 rings (SSSR count). The highest BCUT2D eigenvalue weighted by Gasteiger charge is 2.42. The normalized spacial score (nSPS) is 28.3. The van der Waals surface area contributed by atoms with E-state index < -0.39 is 0 Å². The predicted molar refractivity (Wildman–Crippen MR) is 119 cm³/mol. The van der Waals surface area contributed by atoms with Crippen LogP contribution in [0.15, 0.2) is 36.4 Å². The summed E-state index contributed by atoms with van der Waals surface area (Å²) in [6.07, 6.45) is 2.74. The molecule has 3 heterocycles. The molecule has 0 saturated carbocycles. The SMILES string of the molecule is Cc1ccc(F)c(-c2ccc3c(c2)CC(C)(C)C3NC(=O)O[C@@H]2CN3CCC2CC3)c1. The first-order chi connectivity index (χ1) is 14.8. The summed E-state index contributed by atoms with van der Waals surface area (Å²) in [6, 6.07) is 11.2. The van der Waals surface area contributed by atoms with Crippen LogP contribution in [-0.2, 0) is 11.2 Å². The highest BCUT2D eigenvalue weighted by atomic mass is 19.1. The number of hydrogen-bond acceptors (Lipinski definition) is 3. The number of piperidine rings is 3. The molecule has 3 fully saturated rings. The van der Waals surface area contributed by atoms with Crippen LogP contribution in [0.5, 0.6) is 0 Å². The Balaban J connectivity index is 1.35. The van der Waals surface area contributed by atoms with Crippen LogP contribution in [0.2, 0.25) is 0 Å². The number of ether oxygens (including phenoxy) is 1. The van der Waals surface area contributed by atoms with Gasteiger partial charge in [-0.3, -0.25) is 4.90 Å². The number of amides is 1. The fourth-order valence-corrected chi connectivity index (χ4v) is 5.69. The van der Waals surface area contributed by atoms with E-state index in [1.54, 1.807) is 6.07 Å². The number of nitrogens with zero attached hydrogens (tertiary/aromatic N) is 1. The van der Waals surface area contributed by atoms with E-state index in [4.69, 9.17) is 4.74 Å². The van der Waals surface area contributed by atoms with Gasteiger partial charge in [-0.05, 0) is 79.4 Å². The molecule has 1 unspecified atom stereocenters. The Hall–Kier alpha value is -2.40. The van der Waals surface area contributed by atoms with E-state index in [9.17, 15) is 9.18 Å². The minimum absolute atomic E-state index is 0.00171. The molecule has 1 N–H and O–H groups in total. The summed E-state index contributed by atoms with van der Waals surface area (Å²) in [5.74, 6) is 0.282. The zero-order valence-corrected chi connectivity index (χ0v) is 18.6. The lowest BCUT2D eigenvalue weighted by Crippen LogP contribution is -2.53. The maximum absolute atomic E-state index is 14.4. The Labute approximate surface area is 183 Å². The van der Waals surface area contributed by atoms with Gasteiger partial charge in [0.25, 0.3) is 0 Å². The van der Waals surface area contributed by atoms with Crippen molar-refractivity contribution in [2.24, 2.45) is 11.3 Å². The van der Waals surface area contributed by atoms with Crippen molar-refractivity contribution in [1.82, 2.24) is 10.2 Å². The molecule has 2 bridgehead atoms. The quantitative estimate of drug-likeness (QED) is 0.735. The minimum Gasteiger partial charge on any atom is -0.445 e. The van der Waals surface area contributed by atoms with Gasteiger partial charge in [0.05, 0.1) is 6.04 Å². The van der Waals surface area contributed by atoms with Gasteiger partial charge in [0.15, 0.2) is 0 Å². The summed E-state index contributed by atoms with van der Waals surface area (Å²) in [6.45, 7) is 9.41. The minimum atomic E-state index is -0.321. The average Bonchev–Trinajstić information content (AvgIpc) is 2.99. The summed E-state index contributed by atoms with van der Waals surface area (Å²) >= 11 is 0. The molecule has 1 amide bonds. The van der Waals surface area contributed by atoms with Gasteiger partial charge in [0.1, 0.15) is 11.9 Å². The number of carbonyl (C=O) groups excluding carboxylic acids is 1. The maximum Gasteiger partial charge on any atom is 0.407 e. The summed E-state index contributed by atoms with van der Waals surface area (Å²) in [5.41, 5.74) is 4.67. The molecular formula is C26H31FN2O2. The molecule has 31 heavy (non-hydrogen) atoms. The highest BCUT2D eigenvalue weighted by molar-refractivity contribution is 5.70. The second-order valence-corrected chi connectivity index (χ2v) is 10.2. The fraction of sp³-hybridized carbons (Fsp3) is 0.500. The maximum atomic E-state index is 14.4. The topological polar surface area (TPSA) is 41.6 Å². The number of hydrogen-bond donors (Lipinski definition) is 1. The lowest BCUT2D eigenvalue weighted by Gasteiger charge is -2.44. The number of rotatable bonds is 3. The fourth-order valence-electron chi connectivity index (χ4n) is 5.69. The molecule has 5 heteroatoms. The largest absolute Gasteiger partial charge is 0.445 e. The van der Waals surface area contributed by atoms with Gasteiger partial charge in [-0.25, -0.2) is 9.18 Å². The monoisotopic (exact) mass is 422 g/mol. The van der Waals surface area contributed by atoms with Gasteiger partial charge >= 0.3 is 6.09 Å². The molecule has 0 spiro atoms. The number of aryl methyl sites for hydroxylation is 1. The molecule has 0 aromatic heterocycles. The van der Waals surface area contributed by atoms with Gasteiger partial charge in [-0.2, -0.15) is 0 Å². The Kier molecular flexibility index (Phi) is 5.04. The van der Waals surface area contributed by atoms with Crippen LogP contribution in [-0.4, -0.2) is 36.7 Å². The predicted octanol–water partition coefficient (Wildman–Crippen LogP) is 5.24. The van der Waals surface area contributed by atoms with Crippen LogP contribution < -0.4 is 5.32 Å². The lowest BCUT2D eigenvalue weighted by molar-refractivity contribution is -0.0348. The highest BCUT2D eigenvalue weighted by Crippen LogP contribution is 2.46. The number of fused-ring (bicyclic) bond motifs is 4. The Morgan fingerprint density at radius 3 is 2.65 bits per heavy atom. The average molecular weight is 423 g/mol. The van der Waals surface area contributed by atoms with E-state index in [0.717, 1.165) is 61.2 Å². The second kappa shape index (κ2) is 7.63. The van der Waals surface area contributed by atoms with Gasteiger partial charge in [-0.15, -0.1) is 0 Å². The summed E-state index contributed by atoms with van der Waals surface area (Å²) in [5, 5.41) is 3.16. The van der Waals surface area contributed by atoms with Crippen LogP contribution in [0, 0.1) is 24.1 Å². The summed E-state index contributed by atoms with van der Waals surface area (Å²) in [4.78, 5) is 15.2. The van der Waals surface area contributed by atoms with Crippen molar-refractivity contribution in [3.05, 3.63) is 58.9 Å². The molecule has 1 aliphatic carbocycles. The first kappa shape index (κ1) is 20.5. The van der Waals surface area contributed by atoms with Gasteiger partial charge in [0.2, 0.25) is 0 Å². The van der Waals surface area contributed by atoms with E-state index >= 15 is 0 Å². The van der Waals surface area contributed by atoms with Crippen molar-refractivity contribution in [2.75, 3.05) is 19.6 Å². The van der Waals surface area contributed by atoms with E-state index in [0.29, 0.717) is 11.5 Å². The van der Waals surface area contributed by atoms with Crippen LogP contribution in [0.1, 0.15) is 49.4 Å². The van der Waals surface area contributed by atoms with E-state index in [1.807, 2.05) is 25.1 Å². The van der Waals surface area contributed by atoms with Crippen molar-refractivity contribution in [3.63, 3.8) is 0 Å². The molecule has 2 atom stereocenters. The van der Waals surface area contributed by atoms with E-state index in [-0.39, 0.29) is 29.5 Å². The van der Waals surface area contributed by atoms with Crippen LogP contribution in [0.3, 0.4) is 0 Å². The first-order valence-corrected chi connectivity index (χ1v) is 11.4. The van der Waals surface area contributed by atoms with Crippen molar-refractivity contribution in [1.29, 1.82) is 0 Å². The Bertz CT molecular complexity index is 1010. The number of carbonyl (C=O) groups is 1. The molecular weight excluding hydrogens is 391 g/mol. The number of nitrogens with one attached hydrogen (secondary N) is 1. The third-order valence-corrected chi connectivity index (χ3v) is 7.43. The number of benzene rings is 2. The van der Waals surface area contributed by atoms with Crippen LogP contribution >= 0.6 is 0 Å². The molecule has 3 saturated heterocycles. The molecule has 3 aliphatic heterocycles. The van der Waals surface area contributed by atoms with Gasteiger partial charge in [0, 0.05) is 12.1 Å². The summed E-state index contributed by atoms with van der Waals surface area (Å²) in [7, 11) is 0. The lowest BCUT2D eigenvalue weighted by atomic mass is 9.85. The van der Waals surface area contributed by atoms with E-state index in [2.05, 4.69) is 30.1 Å². The number of alkyl carbamates (subject to hydrolysis) is 1. The van der Waals surface area contributed by atoms with Crippen molar-refractivity contribution in [3.8, 4) is 11.1 Å². The van der Waals surface area contributed by atoms with Crippen LogP contribution in [0.4, 0.5) is 9.18 Å².